The minimum Gasteiger partial charge on any atom is -0.453 e. The summed E-state index contributed by atoms with van der Waals surface area (Å²) in [7, 11) is 2.77. The number of carbonyl (C=O) groups excluding carboxylic acids is 2. The van der Waals surface area contributed by atoms with Crippen LogP contribution in [-0.4, -0.2) is 38.7 Å². The van der Waals surface area contributed by atoms with E-state index in [1.54, 1.807) is 0 Å². The summed E-state index contributed by atoms with van der Waals surface area (Å²) in [6.45, 7) is 6.11. The number of carbonyl (C=O) groups is 2. The van der Waals surface area contributed by atoms with Gasteiger partial charge in [-0.1, -0.05) is 27.2 Å². The van der Waals surface area contributed by atoms with E-state index in [4.69, 9.17) is 4.74 Å². The van der Waals surface area contributed by atoms with Gasteiger partial charge in [-0.25, -0.2) is 4.79 Å². The van der Waals surface area contributed by atoms with E-state index in [2.05, 4.69) is 10.1 Å². The van der Waals surface area contributed by atoms with Crippen molar-refractivity contribution in [3.8, 4) is 0 Å². The Morgan fingerprint density at radius 1 is 1.28 bits per heavy atom. The molecule has 1 unspecified atom stereocenters. The van der Waals surface area contributed by atoms with Gasteiger partial charge in [-0.15, -0.1) is 0 Å². The third-order valence-corrected chi connectivity index (χ3v) is 3.30. The number of Topliss-reactive ketones (excluding diaryl/α,β-unsaturated/α-hetero) is 1. The summed E-state index contributed by atoms with van der Waals surface area (Å²) in [6, 6.07) is -0.654. The molecule has 0 fully saturated rings. The van der Waals surface area contributed by atoms with Crippen LogP contribution in [0, 0.1) is 5.41 Å². The van der Waals surface area contributed by atoms with Crippen molar-refractivity contribution < 1.29 is 19.1 Å². The van der Waals surface area contributed by atoms with Crippen molar-refractivity contribution in [1.29, 1.82) is 0 Å². The lowest BCUT2D eigenvalue weighted by Crippen LogP contribution is -2.49. The fourth-order valence-corrected chi connectivity index (χ4v) is 2.00. The lowest BCUT2D eigenvalue weighted by atomic mass is 9.76. The van der Waals surface area contributed by atoms with Crippen LogP contribution in [0.3, 0.4) is 0 Å². The highest BCUT2D eigenvalue weighted by Gasteiger charge is 2.36. The summed E-state index contributed by atoms with van der Waals surface area (Å²) in [5.41, 5.74) is -0.432. The molecule has 0 rings (SSSR count). The van der Waals surface area contributed by atoms with Crippen molar-refractivity contribution in [3.63, 3.8) is 0 Å². The number of alkyl carbamates (subject to hydrolysis) is 1. The topological polar surface area (TPSA) is 64.6 Å². The van der Waals surface area contributed by atoms with E-state index in [-0.39, 0.29) is 12.4 Å². The second-order valence-corrected chi connectivity index (χ2v) is 4.67. The maximum atomic E-state index is 12.5. The lowest BCUT2D eigenvalue weighted by Gasteiger charge is -2.30. The quantitative estimate of drug-likeness (QED) is 0.725. The monoisotopic (exact) mass is 259 g/mol. The van der Waals surface area contributed by atoms with E-state index in [1.165, 1.54) is 14.2 Å². The fraction of sp³-hybridized carbons (Fsp3) is 0.846. The largest absolute Gasteiger partial charge is 0.453 e. The number of hydrogen-bond acceptors (Lipinski definition) is 4. The number of amides is 1. The zero-order valence-electron chi connectivity index (χ0n) is 12.0. The second kappa shape index (κ2) is 8.08. The van der Waals surface area contributed by atoms with Crippen molar-refractivity contribution >= 4 is 11.9 Å². The summed E-state index contributed by atoms with van der Waals surface area (Å²) >= 11 is 0. The van der Waals surface area contributed by atoms with Crippen LogP contribution >= 0.6 is 0 Å². The Labute approximate surface area is 109 Å². The molecule has 0 bridgehead atoms. The molecule has 0 aliphatic rings. The molecule has 1 amide bonds. The fourth-order valence-electron chi connectivity index (χ4n) is 2.00. The molecule has 5 heteroatoms. The Bertz CT molecular complexity index is 280. The summed E-state index contributed by atoms with van der Waals surface area (Å²) in [4.78, 5) is 23.7. The average Bonchev–Trinajstić information content (AvgIpc) is 2.37. The van der Waals surface area contributed by atoms with E-state index in [0.29, 0.717) is 0 Å². The molecule has 1 N–H and O–H groups in total. The van der Waals surface area contributed by atoms with Gasteiger partial charge < -0.3 is 14.8 Å². The first-order valence-electron chi connectivity index (χ1n) is 6.32. The van der Waals surface area contributed by atoms with Crippen LogP contribution in [0.4, 0.5) is 4.79 Å². The Morgan fingerprint density at radius 2 is 1.89 bits per heavy atom. The maximum Gasteiger partial charge on any atom is 0.407 e. The van der Waals surface area contributed by atoms with Gasteiger partial charge in [0.1, 0.15) is 6.04 Å². The van der Waals surface area contributed by atoms with Crippen LogP contribution in [0.2, 0.25) is 0 Å². The van der Waals surface area contributed by atoms with Crippen molar-refractivity contribution in [1.82, 2.24) is 5.32 Å². The molecule has 0 saturated heterocycles. The highest BCUT2D eigenvalue weighted by Crippen LogP contribution is 2.29. The van der Waals surface area contributed by atoms with Crippen LogP contribution < -0.4 is 5.32 Å². The predicted molar refractivity (Wildman–Crippen MR) is 69.5 cm³/mol. The number of hydrogen-bond donors (Lipinski definition) is 1. The molecular formula is C13H25NO4. The Hall–Kier alpha value is -1.10. The van der Waals surface area contributed by atoms with Crippen LogP contribution in [0.15, 0.2) is 0 Å². The number of nitrogens with one attached hydrogen (secondary N) is 1. The van der Waals surface area contributed by atoms with Gasteiger partial charge in [-0.2, -0.15) is 0 Å². The van der Waals surface area contributed by atoms with Crippen molar-refractivity contribution in [3.05, 3.63) is 0 Å². The smallest absolute Gasteiger partial charge is 0.407 e. The zero-order chi connectivity index (χ0) is 14.2. The van der Waals surface area contributed by atoms with Crippen molar-refractivity contribution in [2.24, 2.45) is 5.41 Å². The minimum atomic E-state index is -0.654. The molecule has 18 heavy (non-hydrogen) atoms. The van der Waals surface area contributed by atoms with Crippen molar-refractivity contribution in [2.45, 2.75) is 46.1 Å². The predicted octanol–water partition coefficient (Wildman–Crippen LogP) is 2.14. The summed E-state index contributed by atoms with van der Waals surface area (Å²) in [5.74, 6) is -0.000833. The van der Waals surface area contributed by atoms with Gasteiger partial charge in [-0.05, 0) is 12.8 Å². The molecule has 0 spiro atoms. The molecular weight excluding hydrogens is 234 g/mol. The average molecular weight is 259 g/mol. The van der Waals surface area contributed by atoms with E-state index in [9.17, 15) is 9.59 Å². The first-order chi connectivity index (χ1) is 8.45. The van der Waals surface area contributed by atoms with Gasteiger partial charge in [0.15, 0.2) is 5.78 Å². The molecule has 0 saturated carbocycles. The van der Waals surface area contributed by atoms with Crippen molar-refractivity contribution in [2.75, 3.05) is 20.8 Å². The van der Waals surface area contributed by atoms with Crippen LogP contribution in [0.25, 0.3) is 0 Å². The number of rotatable bonds is 8. The van der Waals surface area contributed by atoms with Gasteiger partial charge >= 0.3 is 6.09 Å². The lowest BCUT2D eigenvalue weighted by molar-refractivity contribution is -0.131. The molecule has 0 aliphatic heterocycles. The molecule has 0 aromatic rings. The Morgan fingerprint density at radius 3 is 2.28 bits per heavy atom. The highest BCUT2D eigenvalue weighted by atomic mass is 16.5. The van der Waals surface area contributed by atoms with Gasteiger partial charge in [0.05, 0.1) is 13.7 Å². The van der Waals surface area contributed by atoms with Gasteiger partial charge in [-0.3, -0.25) is 4.79 Å². The standard InChI is InChI=1S/C13H25NO4/c1-6-8-13(3,7-2)11(15)10(9-17-4)14-12(16)18-5/h10H,6-9H2,1-5H3,(H,14,16)/t10-,13?/m0/s1. The Balaban J connectivity index is 4.86. The molecule has 0 radical (unpaired) electrons. The Kier molecular flexibility index (Phi) is 7.59. The van der Waals surface area contributed by atoms with E-state index in [1.807, 2.05) is 20.8 Å². The van der Waals surface area contributed by atoms with Crippen LogP contribution in [0.1, 0.15) is 40.0 Å². The highest BCUT2D eigenvalue weighted by molar-refractivity contribution is 5.91. The van der Waals surface area contributed by atoms with Crippen LogP contribution in [-0.2, 0) is 14.3 Å². The molecule has 0 aromatic carbocycles. The molecule has 2 atom stereocenters. The minimum absolute atomic E-state index is 0.000833. The number of ketones is 1. The molecule has 106 valence electrons. The first kappa shape index (κ1) is 16.9. The maximum absolute atomic E-state index is 12.5. The van der Waals surface area contributed by atoms with Gasteiger partial charge in [0.25, 0.3) is 0 Å². The van der Waals surface area contributed by atoms with E-state index in [0.717, 1.165) is 19.3 Å². The van der Waals surface area contributed by atoms with E-state index >= 15 is 0 Å². The van der Waals surface area contributed by atoms with E-state index < -0.39 is 17.6 Å². The van der Waals surface area contributed by atoms with Crippen LogP contribution in [0.5, 0.6) is 0 Å². The SMILES string of the molecule is CCCC(C)(CC)C(=O)[C@H](COC)NC(=O)OC. The normalized spacial score (nSPS) is 15.6. The summed E-state index contributed by atoms with van der Waals surface area (Å²) in [5, 5.41) is 2.53. The summed E-state index contributed by atoms with van der Waals surface area (Å²) in [6.07, 6.45) is 1.85. The van der Waals surface area contributed by atoms with Gasteiger partial charge in [0, 0.05) is 12.5 Å². The number of ether oxygens (including phenoxy) is 2. The first-order valence-corrected chi connectivity index (χ1v) is 6.32. The van der Waals surface area contributed by atoms with Gasteiger partial charge in [0.2, 0.25) is 0 Å². The zero-order valence-corrected chi connectivity index (χ0v) is 12.0. The molecule has 0 heterocycles. The molecule has 0 aliphatic carbocycles. The third kappa shape index (κ3) is 4.64. The summed E-state index contributed by atoms with van der Waals surface area (Å²) < 4.78 is 9.52. The molecule has 5 nitrogen and oxygen atoms in total. The number of methoxy groups -OCH3 is 2. The second-order valence-electron chi connectivity index (χ2n) is 4.67. The third-order valence-electron chi connectivity index (χ3n) is 3.30. The molecule has 0 aromatic heterocycles.